The monoisotopic (exact) mass is 256 g/mol. The zero-order valence-corrected chi connectivity index (χ0v) is 9.89. The van der Waals surface area contributed by atoms with E-state index in [0.29, 0.717) is 10.2 Å². The maximum atomic E-state index is 11.6. The Kier molecular flexibility index (Phi) is 3.16. The minimum atomic E-state index is -0.134. The minimum Gasteiger partial charge on any atom is -0.305 e. The molecule has 0 unspecified atom stereocenters. The third-order valence-corrected chi connectivity index (χ3v) is 2.34. The molecule has 0 amide bonds. The van der Waals surface area contributed by atoms with E-state index in [-0.39, 0.29) is 11.7 Å². The Morgan fingerprint density at radius 2 is 2.21 bits per heavy atom. The summed E-state index contributed by atoms with van der Waals surface area (Å²) in [5.74, 6) is 0. The first-order valence-corrected chi connectivity index (χ1v) is 5.10. The van der Waals surface area contributed by atoms with Crippen LogP contribution in [0.3, 0.4) is 0 Å². The number of rotatable bonds is 3. The van der Waals surface area contributed by atoms with Crippen molar-refractivity contribution in [2.45, 2.75) is 19.9 Å². The van der Waals surface area contributed by atoms with E-state index in [2.05, 4.69) is 34.1 Å². The minimum absolute atomic E-state index is 0.104. The average Bonchev–Trinajstić information content (AvgIpc) is 2.41. The summed E-state index contributed by atoms with van der Waals surface area (Å²) in [5.41, 5.74) is 1.33. The molecular weight excluding hydrogens is 244 g/mol. The molecule has 1 heterocycles. The van der Waals surface area contributed by atoms with Gasteiger partial charge in [-0.15, -0.1) is 0 Å². The number of halogens is 1. The SMILES string of the molecule is C=Cc1c(C(=C)Br)[nH]c(=O)n1C(C)C. The summed E-state index contributed by atoms with van der Waals surface area (Å²) >= 11 is 3.25. The number of aromatic amines is 1. The number of nitrogens with zero attached hydrogens (tertiary/aromatic N) is 1. The van der Waals surface area contributed by atoms with Gasteiger partial charge >= 0.3 is 5.69 Å². The number of H-pyrrole nitrogens is 1. The van der Waals surface area contributed by atoms with Gasteiger partial charge in [-0.1, -0.05) is 13.2 Å². The predicted octanol–water partition coefficient (Wildman–Crippen LogP) is 2.77. The van der Waals surface area contributed by atoms with E-state index < -0.39 is 0 Å². The lowest BCUT2D eigenvalue weighted by molar-refractivity contribution is 0.576. The van der Waals surface area contributed by atoms with Gasteiger partial charge in [0.15, 0.2) is 0 Å². The molecule has 0 atom stereocenters. The van der Waals surface area contributed by atoms with Crippen LogP contribution in [0.5, 0.6) is 0 Å². The van der Waals surface area contributed by atoms with Crippen LogP contribution in [0.15, 0.2) is 18.0 Å². The van der Waals surface area contributed by atoms with Crippen LogP contribution in [0.4, 0.5) is 0 Å². The van der Waals surface area contributed by atoms with Gasteiger partial charge < -0.3 is 4.98 Å². The largest absolute Gasteiger partial charge is 0.326 e. The number of aromatic nitrogens is 2. The molecule has 1 aromatic heterocycles. The zero-order valence-electron chi connectivity index (χ0n) is 8.30. The maximum Gasteiger partial charge on any atom is 0.326 e. The summed E-state index contributed by atoms with van der Waals surface area (Å²) in [6.45, 7) is 11.3. The van der Waals surface area contributed by atoms with Gasteiger partial charge in [-0.05, 0) is 35.9 Å². The Bertz CT molecular complexity index is 426. The fourth-order valence-electron chi connectivity index (χ4n) is 1.38. The van der Waals surface area contributed by atoms with E-state index >= 15 is 0 Å². The molecule has 0 aliphatic carbocycles. The molecule has 1 aromatic rings. The topological polar surface area (TPSA) is 37.8 Å². The van der Waals surface area contributed by atoms with Crippen LogP contribution in [0.1, 0.15) is 31.3 Å². The van der Waals surface area contributed by atoms with Crippen molar-refractivity contribution in [2.24, 2.45) is 0 Å². The molecule has 0 aliphatic rings. The van der Waals surface area contributed by atoms with Crippen molar-refractivity contribution in [1.82, 2.24) is 9.55 Å². The molecule has 0 fully saturated rings. The van der Waals surface area contributed by atoms with Gasteiger partial charge in [-0.3, -0.25) is 4.57 Å². The number of nitrogens with one attached hydrogen (secondary N) is 1. The predicted molar refractivity (Wildman–Crippen MR) is 63.5 cm³/mol. The summed E-state index contributed by atoms with van der Waals surface area (Å²) in [6, 6.07) is 0.104. The van der Waals surface area contributed by atoms with Crippen molar-refractivity contribution in [2.75, 3.05) is 0 Å². The fraction of sp³-hybridized carbons (Fsp3) is 0.300. The first-order chi connectivity index (χ1) is 6.49. The van der Waals surface area contributed by atoms with E-state index in [1.165, 1.54) is 0 Å². The number of imidazole rings is 1. The smallest absolute Gasteiger partial charge is 0.305 e. The molecule has 14 heavy (non-hydrogen) atoms. The van der Waals surface area contributed by atoms with Crippen LogP contribution in [0.2, 0.25) is 0 Å². The van der Waals surface area contributed by atoms with Crippen LogP contribution < -0.4 is 5.69 Å². The second kappa shape index (κ2) is 4.00. The molecule has 0 radical (unpaired) electrons. The average molecular weight is 257 g/mol. The lowest BCUT2D eigenvalue weighted by Crippen LogP contribution is -2.19. The quantitative estimate of drug-likeness (QED) is 0.888. The molecule has 1 rings (SSSR count). The Morgan fingerprint density at radius 1 is 1.64 bits per heavy atom. The molecule has 0 aliphatic heterocycles. The Hall–Kier alpha value is -1.03. The fourth-order valence-corrected chi connectivity index (χ4v) is 1.68. The van der Waals surface area contributed by atoms with Crippen molar-refractivity contribution < 1.29 is 0 Å². The van der Waals surface area contributed by atoms with Gasteiger partial charge in [0.25, 0.3) is 0 Å². The van der Waals surface area contributed by atoms with Gasteiger partial charge in [-0.25, -0.2) is 4.79 Å². The summed E-state index contributed by atoms with van der Waals surface area (Å²) < 4.78 is 2.30. The second-order valence-corrected chi connectivity index (χ2v) is 4.22. The standard InChI is InChI=1S/C10H13BrN2O/c1-5-8-9(7(4)11)12-10(14)13(8)6(2)3/h5-6H,1,4H2,2-3H3,(H,12,14). The highest BCUT2D eigenvalue weighted by molar-refractivity contribution is 9.15. The van der Waals surface area contributed by atoms with Crippen molar-refractivity contribution >= 4 is 26.5 Å². The molecule has 3 nitrogen and oxygen atoms in total. The highest BCUT2D eigenvalue weighted by Gasteiger charge is 2.14. The summed E-state index contributed by atoms with van der Waals surface area (Å²) in [5, 5.41) is 0. The van der Waals surface area contributed by atoms with Gasteiger partial charge in [-0.2, -0.15) is 0 Å². The highest BCUT2D eigenvalue weighted by atomic mass is 79.9. The molecular formula is C10H13BrN2O. The molecule has 0 aromatic carbocycles. The highest BCUT2D eigenvalue weighted by Crippen LogP contribution is 2.22. The molecule has 0 saturated carbocycles. The third kappa shape index (κ3) is 1.75. The molecule has 76 valence electrons. The second-order valence-electron chi connectivity index (χ2n) is 3.26. The summed E-state index contributed by atoms with van der Waals surface area (Å²) in [4.78, 5) is 14.3. The number of hydrogen-bond donors (Lipinski definition) is 1. The normalized spacial score (nSPS) is 10.6. The molecule has 4 heteroatoms. The van der Waals surface area contributed by atoms with Gasteiger partial charge in [0.1, 0.15) is 0 Å². The maximum absolute atomic E-state index is 11.6. The Labute approximate surface area is 91.3 Å². The Morgan fingerprint density at radius 3 is 2.57 bits per heavy atom. The van der Waals surface area contributed by atoms with Crippen LogP contribution in [0.25, 0.3) is 10.6 Å². The van der Waals surface area contributed by atoms with Crippen molar-refractivity contribution in [1.29, 1.82) is 0 Å². The van der Waals surface area contributed by atoms with E-state index in [0.717, 1.165) is 5.69 Å². The molecule has 0 saturated heterocycles. The van der Waals surface area contributed by atoms with Crippen LogP contribution in [-0.2, 0) is 0 Å². The lowest BCUT2D eigenvalue weighted by atomic mass is 10.3. The van der Waals surface area contributed by atoms with Gasteiger partial charge in [0, 0.05) is 10.5 Å². The van der Waals surface area contributed by atoms with Crippen LogP contribution in [-0.4, -0.2) is 9.55 Å². The van der Waals surface area contributed by atoms with Crippen molar-refractivity contribution in [3.8, 4) is 0 Å². The third-order valence-electron chi connectivity index (χ3n) is 1.95. The van der Waals surface area contributed by atoms with E-state index in [1.54, 1.807) is 10.6 Å². The van der Waals surface area contributed by atoms with E-state index in [4.69, 9.17) is 0 Å². The van der Waals surface area contributed by atoms with Gasteiger partial charge in [0.05, 0.1) is 11.4 Å². The van der Waals surface area contributed by atoms with Crippen molar-refractivity contribution in [3.63, 3.8) is 0 Å². The first-order valence-electron chi connectivity index (χ1n) is 4.30. The summed E-state index contributed by atoms with van der Waals surface area (Å²) in [6.07, 6.45) is 1.65. The first kappa shape index (κ1) is 11.0. The molecule has 0 bridgehead atoms. The molecule has 0 spiro atoms. The zero-order chi connectivity index (χ0) is 10.9. The van der Waals surface area contributed by atoms with E-state index in [1.807, 2.05) is 13.8 Å². The van der Waals surface area contributed by atoms with Crippen LogP contribution in [0, 0.1) is 0 Å². The van der Waals surface area contributed by atoms with Crippen molar-refractivity contribution in [3.05, 3.63) is 35.0 Å². The van der Waals surface area contributed by atoms with Crippen LogP contribution >= 0.6 is 15.9 Å². The molecule has 1 N–H and O–H groups in total. The van der Waals surface area contributed by atoms with Gasteiger partial charge in [0.2, 0.25) is 0 Å². The van der Waals surface area contributed by atoms with E-state index in [9.17, 15) is 4.79 Å². The Balaban J connectivity index is 3.51. The lowest BCUT2D eigenvalue weighted by Gasteiger charge is -2.08. The number of hydrogen-bond acceptors (Lipinski definition) is 1. The summed E-state index contributed by atoms with van der Waals surface area (Å²) in [7, 11) is 0.